The second kappa shape index (κ2) is 4.97. The van der Waals surface area contributed by atoms with Crippen molar-refractivity contribution in [2.45, 2.75) is 12.8 Å². The maximum atomic E-state index is 11.6. The fraction of sp³-hybridized carbons (Fsp3) is 0.417. The van der Waals surface area contributed by atoms with Crippen LogP contribution in [0.5, 0.6) is 5.75 Å². The van der Waals surface area contributed by atoms with Gasteiger partial charge < -0.3 is 4.74 Å². The summed E-state index contributed by atoms with van der Waals surface area (Å²) in [6.45, 7) is 0.203. The summed E-state index contributed by atoms with van der Waals surface area (Å²) in [5, 5.41) is 0. The summed E-state index contributed by atoms with van der Waals surface area (Å²) in [6.07, 6.45) is 0.600. The van der Waals surface area contributed by atoms with Gasteiger partial charge >= 0.3 is 0 Å². The van der Waals surface area contributed by atoms with Crippen molar-refractivity contribution in [3.05, 3.63) is 29.8 Å². The van der Waals surface area contributed by atoms with Crippen LogP contribution in [0, 0.1) is 0 Å². The standard InChI is InChI=1S/C12H15NO4S/c1-17-11-4-2-3-10(9-11)5-7-13-12(14)6-8-18(13,15)16/h2-4,9H,5-8H2,1H3. The molecule has 2 rings (SSSR count). The quantitative estimate of drug-likeness (QED) is 0.811. The highest BCUT2D eigenvalue weighted by Gasteiger charge is 2.34. The molecule has 5 nitrogen and oxygen atoms in total. The molecule has 0 spiro atoms. The highest BCUT2D eigenvalue weighted by atomic mass is 32.2. The molecule has 0 N–H and O–H groups in total. The largest absolute Gasteiger partial charge is 0.497 e. The molecule has 0 radical (unpaired) electrons. The van der Waals surface area contributed by atoms with E-state index in [9.17, 15) is 13.2 Å². The van der Waals surface area contributed by atoms with E-state index in [0.717, 1.165) is 15.6 Å². The van der Waals surface area contributed by atoms with Crippen LogP contribution in [0.3, 0.4) is 0 Å². The van der Waals surface area contributed by atoms with Crippen molar-refractivity contribution in [1.82, 2.24) is 4.31 Å². The number of benzene rings is 1. The van der Waals surface area contributed by atoms with E-state index in [0.29, 0.717) is 6.42 Å². The summed E-state index contributed by atoms with van der Waals surface area (Å²) in [5.41, 5.74) is 0.948. The third-order valence-corrected chi connectivity index (χ3v) is 4.70. The summed E-state index contributed by atoms with van der Waals surface area (Å²) in [7, 11) is -1.79. The molecule has 6 heteroatoms. The Morgan fingerprint density at radius 1 is 1.39 bits per heavy atom. The molecule has 0 aliphatic carbocycles. The van der Waals surface area contributed by atoms with Gasteiger partial charge in [0, 0.05) is 13.0 Å². The zero-order chi connectivity index (χ0) is 13.2. The topological polar surface area (TPSA) is 63.7 Å². The van der Waals surface area contributed by atoms with Gasteiger partial charge in [-0.3, -0.25) is 4.79 Å². The average molecular weight is 269 g/mol. The summed E-state index contributed by atoms with van der Waals surface area (Å²) >= 11 is 0. The summed E-state index contributed by atoms with van der Waals surface area (Å²) < 4.78 is 29.3. The second-order valence-corrected chi connectivity index (χ2v) is 6.15. The number of carbonyl (C=O) groups is 1. The van der Waals surface area contributed by atoms with Crippen LogP contribution in [0.25, 0.3) is 0 Å². The first-order chi connectivity index (χ1) is 8.53. The lowest BCUT2D eigenvalue weighted by Crippen LogP contribution is -2.31. The first-order valence-electron chi connectivity index (χ1n) is 5.69. The molecular formula is C12H15NO4S. The number of methoxy groups -OCH3 is 1. The van der Waals surface area contributed by atoms with Gasteiger partial charge in [-0.15, -0.1) is 0 Å². The van der Waals surface area contributed by atoms with Crippen molar-refractivity contribution in [3.63, 3.8) is 0 Å². The first kappa shape index (κ1) is 12.9. The van der Waals surface area contributed by atoms with Gasteiger partial charge in [0.15, 0.2) is 0 Å². The van der Waals surface area contributed by atoms with Crippen molar-refractivity contribution in [2.24, 2.45) is 0 Å². The number of ether oxygens (including phenoxy) is 1. The SMILES string of the molecule is COc1cccc(CCN2C(=O)CCS2(=O)=O)c1. The Morgan fingerprint density at radius 3 is 2.78 bits per heavy atom. The Morgan fingerprint density at radius 2 is 2.17 bits per heavy atom. The van der Waals surface area contributed by atoms with Gasteiger partial charge in [-0.25, -0.2) is 12.7 Å². The van der Waals surface area contributed by atoms with Crippen LogP contribution in [0.15, 0.2) is 24.3 Å². The molecule has 1 aliphatic heterocycles. The predicted molar refractivity (Wildman–Crippen MR) is 66.8 cm³/mol. The molecule has 1 fully saturated rings. The summed E-state index contributed by atoms with van der Waals surface area (Å²) in [4.78, 5) is 11.5. The van der Waals surface area contributed by atoms with Gasteiger partial charge in [-0.2, -0.15) is 0 Å². The van der Waals surface area contributed by atoms with Gasteiger partial charge in [0.2, 0.25) is 15.9 Å². The third kappa shape index (κ3) is 2.64. The molecule has 0 aromatic heterocycles. The maximum Gasteiger partial charge on any atom is 0.237 e. The highest BCUT2D eigenvalue weighted by molar-refractivity contribution is 7.90. The number of rotatable bonds is 4. The Bertz CT molecular complexity index is 553. The molecule has 1 aliphatic rings. The van der Waals surface area contributed by atoms with Crippen LogP contribution in [0.2, 0.25) is 0 Å². The van der Waals surface area contributed by atoms with Crippen molar-refractivity contribution in [3.8, 4) is 5.75 Å². The van der Waals surface area contributed by atoms with Gasteiger partial charge in [-0.05, 0) is 24.1 Å². The fourth-order valence-corrected chi connectivity index (χ4v) is 3.35. The van der Waals surface area contributed by atoms with Crippen molar-refractivity contribution in [1.29, 1.82) is 0 Å². The van der Waals surface area contributed by atoms with Crippen molar-refractivity contribution >= 4 is 15.9 Å². The minimum Gasteiger partial charge on any atom is -0.497 e. The molecule has 1 aromatic carbocycles. The number of nitrogens with zero attached hydrogens (tertiary/aromatic N) is 1. The number of carbonyl (C=O) groups excluding carboxylic acids is 1. The van der Waals surface area contributed by atoms with Gasteiger partial charge in [-0.1, -0.05) is 12.1 Å². The number of hydrogen-bond donors (Lipinski definition) is 0. The highest BCUT2D eigenvalue weighted by Crippen LogP contribution is 2.17. The fourth-order valence-electron chi connectivity index (χ4n) is 1.93. The molecule has 18 heavy (non-hydrogen) atoms. The molecule has 0 bridgehead atoms. The molecule has 0 atom stereocenters. The van der Waals surface area contributed by atoms with E-state index in [1.54, 1.807) is 7.11 Å². The lowest BCUT2D eigenvalue weighted by atomic mass is 10.1. The van der Waals surface area contributed by atoms with Crippen molar-refractivity contribution in [2.75, 3.05) is 19.4 Å². The normalized spacial score (nSPS) is 18.1. The van der Waals surface area contributed by atoms with Gasteiger partial charge in [0.1, 0.15) is 5.75 Å². The van der Waals surface area contributed by atoms with E-state index < -0.39 is 10.0 Å². The monoisotopic (exact) mass is 269 g/mol. The number of sulfonamides is 1. The van der Waals surface area contributed by atoms with Crippen LogP contribution in [-0.2, 0) is 21.2 Å². The molecule has 0 saturated carbocycles. The van der Waals surface area contributed by atoms with E-state index in [2.05, 4.69) is 0 Å². The predicted octanol–water partition coefficient (Wildman–Crippen LogP) is 0.800. The molecule has 0 unspecified atom stereocenters. The second-order valence-electron chi connectivity index (χ2n) is 4.13. The Kier molecular flexibility index (Phi) is 3.56. The Balaban J connectivity index is 2.05. The zero-order valence-corrected chi connectivity index (χ0v) is 10.9. The molecule has 1 aromatic rings. The smallest absolute Gasteiger partial charge is 0.237 e. The summed E-state index contributed by atoms with van der Waals surface area (Å²) in [6, 6.07) is 7.39. The average Bonchev–Trinajstić information content (AvgIpc) is 2.61. The van der Waals surface area contributed by atoms with E-state index in [-0.39, 0.29) is 24.6 Å². The number of amides is 1. The van der Waals surface area contributed by atoms with Gasteiger partial charge in [0.25, 0.3) is 0 Å². The van der Waals surface area contributed by atoms with E-state index >= 15 is 0 Å². The molecule has 98 valence electrons. The first-order valence-corrected chi connectivity index (χ1v) is 7.30. The minimum absolute atomic E-state index is 0.0655. The molecule has 1 saturated heterocycles. The van der Waals surface area contributed by atoms with Crippen molar-refractivity contribution < 1.29 is 17.9 Å². The van der Waals surface area contributed by atoms with Crippen LogP contribution in [0.4, 0.5) is 0 Å². The van der Waals surface area contributed by atoms with E-state index in [1.165, 1.54) is 0 Å². The zero-order valence-electron chi connectivity index (χ0n) is 10.1. The lowest BCUT2D eigenvalue weighted by Gasteiger charge is -2.14. The Labute approximate surface area is 106 Å². The minimum atomic E-state index is -3.37. The van der Waals surface area contributed by atoms with Gasteiger partial charge in [0.05, 0.1) is 12.9 Å². The molecule has 1 heterocycles. The third-order valence-electron chi connectivity index (χ3n) is 2.93. The Hall–Kier alpha value is -1.56. The lowest BCUT2D eigenvalue weighted by molar-refractivity contribution is -0.125. The number of hydrogen-bond acceptors (Lipinski definition) is 4. The maximum absolute atomic E-state index is 11.6. The van der Waals surface area contributed by atoms with Crippen LogP contribution < -0.4 is 4.74 Å². The van der Waals surface area contributed by atoms with Crippen LogP contribution in [-0.4, -0.2) is 38.0 Å². The van der Waals surface area contributed by atoms with Crippen LogP contribution >= 0.6 is 0 Å². The summed E-state index contributed by atoms with van der Waals surface area (Å²) in [5.74, 6) is 0.352. The molecule has 1 amide bonds. The van der Waals surface area contributed by atoms with E-state index in [1.807, 2.05) is 24.3 Å². The van der Waals surface area contributed by atoms with Crippen LogP contribution in [0.1, 0.15) is 12.0 Å². The molecular weight excluding hydrogens is 254 g/mol. The van der Waals surface area contributed by atoms with E-state index in [4.69, 9.17) is 4.74 Å².